The maximum Gasteiger partial charge on any atom is 0.0726 e. The SMILES string of the molecule is Cc1cc(N/N=C/c2ccc(Cl)c(Cl)c2)c2ccccc2n1. The third-order valence-corrected chi connectivity index (χ3v) is 3.93. The lowest BCUT2D eigenvalue weighted by atomic mass is 10.1. The fraction of sp³-hybridized carbons (Fsp3) is 0.0588. The highest BCUT2D eigenvalue weighted by molar-refractivity contribution is 6.42. The topological polar surface area (TPSA) is 37.3 Å². The number of para-hydroxylation sites is 1. The summed E-state index contributed by atoms with van der Waals surface area (Å²) in [6, 6.07) is 15.3. The van der Waals surface area contributed by atoms with Crippen LogP contribution >= 0.6 is 23.2 Å². The average Bonchev–Trinajstić information content (AvgIpc) is 2.50. The highest BCUT2D eigenvalue weighted by Gasteiger charge is 2.02. The number of hydrogen-bond acceptors (Lipinski definition) is 3. The summed E-state index contributed by atoms with van der Waals surface area (Å²) in [6.07, 6.45) is 1.70. The van der Waals surface area contributed by atoms with Gasteiger partial charge in [-0.3, -0.25) is 10.4 Å². The van der Waals surface area contributed by atoms with Crippen molar-refractivity contribution in [1.82, 2.24) is 4.98 Å². The van der Waals surface area contributed by atoms with Crippen LogP contribution in [0.25, 0.3) is 10.9 Å². The number of rotatable bonds is 3. The normalized spacial score (nSPS) is 11.2. The minimum Gasteiger partial charge on any atom is -0.278 e. The molecule has 22 heavy (non-hydrogen) atoms. The Morgan fingerprint density at radius 3 is 2.68 bits per heavy atom. The standard InChI is InChI=1S/C17H13Cl2N3/c1-11-8-17(13-4-2-3-5-16(13)21-11)22-20-10-12-6-7-14(18)15(19)9-12/h2-10H,1H3,(H,21,22)/b20-10+. The van der Waals surface area contributed by atoms with Crippen molar-refractivity contribution in [1.29, 1.82) is 0 Å². The van der Waals surface area contributed by atoms with Crippen molar-refractivity contribution < 1.29 is 0 Å². The molecule has 0 amide bonds. The van der Waals surface area contributed by atoms with Crippen LogP contribution in [0, 0.1) is 6.92 Å². The monoisotopic (exact) mass is 329 g/mol. The molecule has 0 aliphatic heterocycles. The zero-order valence-corrected chi connectivity index (χ0v) is 13.4. The number of fused-ring (bicyclic) bond motifs is 1. The Balaban J connectivity index is 1.87. The Morgan fingerprint density at radius 1 is 1.05 bits per heavy atom. The summed E-state index contributed by atoms with van der Waals surface area (Å²) in [6.45, 7) is 1.96. The van der Waals surface area contributed by atoms with Gasteiger partial charge in [0.1, 0.15) is 0 Å². The van der Waals surface area contributed by atoms with Crippen LogP contribution in [0.1, 0.15) is 11.3 Å². The first-order valence-corrected chi connectivity index (χ1v) is 7.49. The van der Waals surface area contributed by atoms with Gasteiger partial charge >= 0.3 is 0 Å². The third-order valence-electron chi connectivity index (χ3n) is 3.19. The van der Waals surface area contributed by atoms with Gasteiger partial charge < -0.3 is 0 Å². The summed E-state index contributed by atoms with van der Waals surface area (Å²) in [5.74, 6) is 0. The van der Waals surface area contributed by atoms with E-state index < -0.39 is 0 Å². The number of hydrazone groups is 1. The lowest BCUT2D eigenvalue weighted by Gasteiger charge is -2.06. The molecule has 0 radical (unpaired) electrons. The van der Waals surface area contributed by atoms with Gasteiger partial charge in [-0.15, -0.1) is 0 Å². The number of benzene rings is 2. The third kappa shape index (κ3) is 3.21. The number of halogens is 2. The van der Waals surface area contributed by atoms with Gasteiger partial charge in [0.25, 0.3) is 0 Å². The zero-order chi connectivity index (χ0) is 15.5. The number of aromatic nitrogens is 1. The first-order valence-electron chi connectivity index (χ1n) is 6.74. The van der Waals surface area contributed by atoms with Gasteiger partial charge in [-0.1, -0.05) is 47.5 Å². The molecule has 0 saturated carbocycles. The van der Waals surface area contributed by atoms with Crippen molar-refractivity contribution in [3.63, 3.8) is 0 Å². The molecular formula is C17H13Cl2N3. The van der Waals surface area contributed by atoms with Crippen molar-refractivity contribution >= 4 is 46.0 Å². The molecule has 0 spiro atoms. The van der Waals surface area contributed by atoms with E-state index in [4.69, 9.17) is 23.2 Å². The minimum absolute atomic E-state index is 0.510. The van der Waals surface area contributed by atoms with E-state index >= 15 is 0 Å². The molecular weight excluding hydrogens is 317 g/mol. The van der Waals surface area contributed by atoms with E-state index in [-0.39, 0.29) is 0 Å². The van der Waals surface area contributed by atoms with Crippen LogP contribution in [0.3, 0.4) is 0 Å². The van der Waals surface area contributed by atoms with Crippen LogP contribution < -0.4 is 5.43 Å². The Bertz CT molecular complexity index is 860. The molecule has 0 atom stereocenters. The first-order chi connectivity index (χ1) is 10.6. The second-order valence-corrected chi connectivity index (χ2v) is 5.69. The van der Waals surface area contributed by atoms with Gasteiger partial charge in [0.2, 0.25) is 0 Å². The average molecular weight is 330 g/mol. The highest BCUT2D eigenvalue weighted by atomic mass is 35.5. The Kier molecular flexibility index (Phi) is 4.27. The fourth-order valence-corrected chi connectivity index (χ4v) is 2.48. The van der Waals surface area contributed by atoms with E-state index in [0.29, 0.717) is 10.0 Å². The number of nitrogens with zero attached hydrogens (tertiary/aromatic N) is 2. The molecule has 1 N–H and O–H groups in total. The van der Waals surface area contributed by atoms with Gasteiger partial charge in [-0.2, -0.15) is 5.10 Å². The van der Waals surface area contributed by atoms with Gasteiger partial charge in [-0.25, -0.2) is 0 Å². The molecule has 0 aliphatic rings. The van der Waals surface area contributed by atoms with E-state index in [2.05, 4.69) is 15.5 Å². The van der Waals surface area contributed by atoms with E-state index in [1.807, 2.05) is 43.3 Å². The first kappa shape index (κ1) is 14.8. The van der Waals surface area contributed by atoms with Crippen LogP contribution in [-0.4, -0.2) is 11.2 Å². The van der Waals surface area contributed by atoms with Gasteiger partial charge in [0.05, 0.1) is 27.5 Å². The van der Waals surface area contributed by atoms with Crippen LogP contribution in [-0.2, 0) is 0 Å². The Labute approximate surface area is 138 Å². The number of aryl methyl sites for hydroxylation is 1. The maximum atomic E-state index is 5.99. The number of hydrogen-bond donors (Lipinski definition) is 1. The lowest BCUT2D eigenvalue weighted by Crippen LogP contribution is -1.94. The quantitative estimate of drug-likeness (QED) is 0.523. The molecule has 5 heteroatoms. The van der Waals surface area contributed by atoms with E-state index in [1.165, 1.54) is 0 Å². The van der Waals surface area contributed by atoms with Crippen molar-refractivity contribution in [2.45, 2.75) is 6.92 Å². The predicted molar refractivity (Wildman–Crippen MR) is 94.2 cm³/mol. The van der Waals surface area contributed by atoms with E-state index in [9.17, 15) is 0 Å². The second-order valence-electron chi connectivity index (χ2n) is 4.87. The lowest BCUT2D eigenvalue weighted by molar-refractivity contribution is 1.24. The van der Waals surface area contributed by atoms with Crippen molar-refractivity contribution in [2.75, 3.05) is 5.43 Å². The van der Waals surface area contributed by atoms with Crippen LogP contribution in [0.4, 0.5) is 5.69 Å². The molecule has 3 rings (SSSR count). The second kappa shape index (κ2) is 6.34. The zero-order valence-electron chi connectivity index (χ0n) is 11.8. The molecule has 0 saturated heterocycles. The van der Waals surface area contributed by atoms with E-state index in [1.54, 1.807) is 18.3 Å². The molecule has 0 fully saturated rings. The molecule has 0 aliphatic carbocycles. The predicted octanol–water partition coefficient (Wildman–Crippen LogP) is 5.30. The number of pyridine rings is 1. The van der Waals surface area contributed by atoms with E-state index in [0.717, 1.165) is 27.8 Å². The summed E-state index contributed by atoms with van der Waals surface area (Å²) in [5.41, 5.74) is 6.73. The van der Waals surface area contributed by atoms with Gasteiger partial charge in [-0.05, 0) is 36.8 Å². The van der Waals surface area contributed by atoms with Crippen LogP contribution in [0.5, 0.6) is 0 Å². The smallest absolute Gasteiger partial charge is 0.0726 e. The highest BCUT2D eigenvalue weighted by Crippen LogP contribution is 2.23. The van der Waals surface area contributed by atoms with Crippen molar-refractivity contribution in [3.05, 3.63) is 69.8 Å². The molecule has 110 valence electrons. The van der Waals surface area contributed by atoms with Crippen molar-refractivity contribution in [2.24, 2.45) is 5.10 Å². The summed E-state index contributed by atoms with van der Waals surface area (Å²) in [5, 5.41) is 6.34. The van der Waals surface area contributed by atoms with Crippen LogP contribution in [0.15, 0.2) is 53.6 Å². The van der Waals surface area contributed by atoms with Crippen LogP contribution in [0.2, 0.25) is 10.0 Å². The summed E-state index contributed by atoms with van der Waals surface area (Å²) in [7, 11) is 0. The molecule has 3 aromatic rings. The fourth-order valence-electron chi connectivity index (χ4n) is 2.17. The Hall–Kier alpha value is -2.10. The summed E-state index contributed by atoms with van der Waals surface area (Å²) >= 11 is 11.9. The largest absolute Gasteiger partial charge is 0.278 e. The molecule has 1 aromatic heterocycles. The summed E-state index contributed by atoms with van der Waals surface area (Å²) < 4.78 is 0. The molecule has 0 bridgehead atoms. The maximum absolute atomic E-state index is 5.99. The van der Waals surface area contributed by atoms with Crippen molar-refractivity contribution in [3.8, 4) is 0 Å². The molecule has 3 nitrogen and oxygen atoms in total. The molecule has 0 unspecified atom stereocenters. The van der Waals surface area contributed by atoms with Gasteiger partial charge in [0.15, 0.2) is 0 Å². The number of anilines is 1. The molecule has 1 heterocycles. The van der Waals surface area contributed by atoms with Gasteiger partial charge in [0, 0.05) is 11.1 Å². The number of nitrogens with one attached hydrogen (secondary N) is 1. The molecule has 2 aromatic carbocycles. The Morgan fingerprint density at radius 2 is 1.86 bits per heavy atom. The summed E-state index contributed by atoms with van der Waals surface area (Å²) in [4.78, 5) is 4.50. The minimum atomic E-state index is 0.510.